The van der Waals surface area contributed by atoms with E-state index in [0.29, 0.717) is 6.54 Å². The van der Waals surface area contributed by atoms with Gasteiger partial charge in [-0.3, -0.25) is 9.88 Å². The quantitative estimate of drug-likeness (QED) is 0.797. The third-order valence-electron chi connectivity index (χ3n) is 3.71. The summed E-state index contributed by atoms with van der Waals surface area (Å²) in [6, 6.07) is 13.1. The van der Waals surface area contributed by atoms with Crippen LogP contribution in [0.4, 0.5) is 0 Å². The lowest BCUT2D eigenvalue weighted by Crippen LogP contribution is -2.33. The third kappa shape index (κ3) is 4.30. The SMILES string of the molecule is CCN(Cc1ccncc1)C(CN)c1ccc(SC)cc1. The van der Waals surface area contributed by atoms with E-state index >= 15 is 0 Å². The topological polar surface area (TPSA) is 42.2 Å². The summed E-state index contributed by atoms with van der Waals surface area (Å²) in [6.07, 6.45) is 5.78. The molecular formula is C17H23N3S. The molecule has 21 heavy (non-hydrogen) atoms. The second kappa shape index (κ2) is 8.17. The van der Waals surface area contributed by atoms with Crippen LogP contribution >= 0.6 is 11.8 Å². The molecule has 3 nitrogen and oxygen atoms in total. The fourth-order valence-corrected chi connectivity index (χ4v) is 2.90. The maximum Gasteiger partial charge on any atom is 0.0473 e. The molecule has 0 bridgehead atoms. The number of pyridine rings is 1. The normalized spacial score (nSPS) is 12.6. The van der Waals surface area contributed by atoms with Crippen LogP contribution in [0.1, 0.15) is 24.1 Å². The van der Waals surface area contributed by atoms with Gasteiger partial charge in [-0.15, -0.1) is 11.8 Å². The molecule has 1 atom stereocenters. The second-order valence-corrected chi connectivity index (χ2v) is 5.82. The Hall–Kier alpha value is -1.36. The minimum atomic E-state index is 0.249. The molecule has 1 heterocycles. The Kier molecular flexibility index (Phi) is 6.23. The highest BCUT2D eigenvalue weighted by Crippen LogP contribution is 2.24. The molecule has 4 heteroatoms. The van der Waals surface area contributed by atoms with Crippen molar-refractivity contribution in [3.8, 4) is 0 Å². The van der Waals surface area contributed by atoms with Gasteiger partial charge < -0.3 is 5.73 Å². The molecule has 1 aromatic carbocycles. The Morgan fingerprint density at radius 1 is 1.14 bits per heavy atom. The van der Waals surface area contributed by atoms with Crippen molar-refractivity contribution in [2.75, 3.05) is 19.3 Å². The van der Waals surface area contributed by atoms with Crippen LogP contribution in [0, 0.1) is 0 Å². The Balaban J connectivity index is 2.16. The van der Waals surface area contributed by atoms with Crippen molar-refractivity contribution in [2.45, 2.75) is 24.4 Å². The van der Waals surface area contributed by atoms with E-state index in [1.165, 1.54) is 16.0 Å². The summed E-state index contributed by atoms with van der Waals surface area (Å²) in [5.74, 6) is 0. The molecule has 0 fully saturated rings. The molecule has 0 radical (unpaired) electrons. The van der Waals surface area contributed by atoms with E-state index in [1.807, 2.05) is 12.4 Å². The first-order valence-corrected chi connectivity index (χ1v) is 8.48. The van der Waals surface area contributed by atoms with Gasteiger partial charge in [0.1, 0.15) is 0 Å². The number of hydrogen-bond acceptors (Lipinski definition) is 4. The molecule has 2 rings (SSSR count). The zero-order valence-corrected chi connectivity index (χ0v) is 13.5. The smallest absolute Gasteiger partial charge is 0.0473 e. The summed E-state index contributed by atoms with van der Waals surface area (Å²) in [6.45, 7) is 4.66. The Morgan fingerprint density at radius 3 is 2.33 bits per heavy atom. The van der Waals surface area contributed by atoms with Gasteiger partial charge in [-0.1, -0.05) is 19.1 Å². The number of likely N-dealkylation sites (N-methyl/N-ethyl adjacent to an activating group) is 1. The molecule has 1 aromatic heterocycles. The van der Waals surface area contributed by atoms with Gasteiger partial charge in [0, 0.05) is 36.4 Å². The number of nitrogens with two attached hydrogens (primary N) is 1. The molecule has 0 amide bonds. The number of rotatable bonds is 7. The highest BCUT2D eigenvalue weighted by Gasteiger charge is 2.17. The number of benzene rings is 1. The molecule has 0 saturated carbocycles. The summed E-state index contributed by atoms with van der Waals surface area (Å²) in [7, 11) is 0. The van der Waals surface area contributed by atoms with Crippen molar-refractivity contribution in [2.24, 2.45) is 5.73 Å². The second-order valence-electron chi connectivity index (χ2n) is 4.94. The third-order valence-corrected chi connectivity index (χ3v) is 4.45. The Morgan fingerprint density at radius 2 is 1.81 bits per heavy atom. The minimum absolute atomic E-state index is 0.249. The van der Waals surface area contributed by atoms with Crippen molar-refractivity contribution in [3.05, 3.63) is 59.9 Å². The van der Waals surface area contributed by atoms with E-state index in [4.69, 9.17) is 5.73 Å². The number of hydrogen-bond donors (Lipinski definition) is 1. The van der Waals surface area contributed by atoms with Crippen LogP contribution in [0.5, 0.6) is 0 Å². The number of thioether (sulfide) groups is 1. The molecular weight excluding hydrogens is 278 g/mol. The van der Waals surface area contributed by atoms with Gasteiger partial charge >= 0.3 is 0 Å². The van der Waals surface area contributed by atoms with E-state index in [1.54, 1.807) is 11.8 Å². The molecule has 0 aliphatic rings. The molecule has 2 N–H and O–H groups in total. The van der Waals surface area contributed by atoms with E-state index in [9.17, 15) is 0 Å². The lowest BCUT2D eigenvalue weighted by atomic mass is 10.0. The summed E-state index contributed by atoms with van der Waals surface area (Å²) in [5.41, 5.74) is 8.60. The maximum absolute atomic E-state index is 6.05. The first kappa shape index (κ1) is 16.0. The fourth-order valence-electron chi connectivity index (χ4n) is 2.49. The molecule has 0 spiro atoms. The molecule has 112 valence electrons. The van der Waals surface area contributed by atoms with Crippen molar-refractivity contribution < 1.29 is 0 Å². The highest BCUT2D eigenvalue weighted by molar-refractivity contribution is 7.98. The van der Waals surface area contributed by atoms with Gasteiger partial charge in [0.05, 0.1) is 0 Å². The van der Waals surface area contributed by atoms with Gasteiger partial charge in [-0.05, 0) is 48.2 Å². The number of nitrogens with zero attached hydrogens (tertiary/aromatic N) is 2. The predicted octanol–water partition coefficient (Wildman–Crippen LogP) is 3.33. The van der Waals surface area contributed by atoms with Gasteiger partial charge in [0.15, 0.2) is 0 Å². The van der Waals surface area contributed by atoms with E-state index in [0.717, 1.165) is 13.1 Å². The minimum Gasteiger partial charge on any atom is -0.329 e. The molecule has 1 unspecified atom stereocenters. The standard InChI is InChI=1S/C17H23N3S/c1-3-20(13-14-8-10-19-11-9-14)17(12-18)15-4-6-16(21-2)7-5-15/h4-11,17H,3,12-13,18H2,1-2H3. The fraction of sp³-hybridized carbons (Fsp3) is 0.353. The van der Waals surface area contributed by atoms with Crippen LogP contribution in [0.2, 0.25) is 0 Å². The first-order chi connectivity index (χ1) is 10.3. The van der Waals surface area contributed by atoms with Gasteiger partial charge in [-0.2, -0.15) is 0 Å². The highest BCUT2D eigenvalue weighted by atomic mass is 32.2. The van der Waals surface area contributed by atoms with Crippen LogP contribution in [-0.4, -0.2) is 29.2 Å². The largest absolute Gasteiger partial charge is 0.329 e. The zero-order chi connectivity index (χ0) is 15.1. The lowest BCUT2D eigenvalue weighted by Gasteiger charge is -2.30. The average molecular weight is 301 g/mol. The summed E-state index contributed by atoms with van der Waals surface area (Å²) < 4.78 is 0. The predicted molar refractivity (Wildman–Crippen MR) is 90.3 cm³/mol. The van der Waals surface area contributed by atoms with E-state index < -0.39 is 0 Å². The van der Waals surface area contributed by atoms with Crippen LogP contribution in [-0.2, 0) is 6.54 Å². The van der Waals surface area contributed by atoms with Crippen molar-refractivity contribution in [1.82, 2.24) is 9.88 Å². The zero-order valence-electron chi connectivity index (χ0n) is 12.7. The van der Waals surface area contributed by atoms with Crippen LogP contribution < -0.4 is 5.73 Å². The first-order valence-electron chi connectivity index (χ1n) is 7.25. The van der Waals surface area contributed by atoms with Crippen molar-refractivity contribution >= 4 is 11.8 Å². The average Bonchev–Trinajstić information content (AvgIpc) is 2.56. The number of aromatic nitrogens is 1. The van der Waals surface area contributed by atoms with E-state index in [2.05, 4.69) is 59.5 Å². The van der Waals surface area contributed by atoms with Crippen molar-refractivity contribution in [1.29, 1.82) is 0 Å². The molecule has 0 saturated heterocycles. The molecule has 2 aromatic rings. The van der Waals surface area contributed by atoms with E-state index in [-0.39, 0.29) is 6.04 Å². The molecule has 0 aliphatic heterocycles. The summed E-state index contributed by atoms with van der Waals surface area (Å²) in [5, 5.41) is 0. The monoisotopic (exact) mass is 301 g/mol. The summed E-state index contributed by atoms with van der Waals surface area (Å²) >= 11 is 1.76. The van der Waals surface area contributed by atoms with Crippen LogP contribution in [0.3, 0.4) is 0 Å². The lowest BCUT2D eigenvalue weighted by molar-refractivity contribution is 0.203. The van der Waals surface area contributed by atoms with Gasteiger partial charge in [0.2, 0.25) is 0 Å². The van der Waals surface area contributed by atoms with Crippen LogP contribution in [0.25, 0.3) is 0 Å². The summed E-state index contributed by atoms with van der Waals surface area (Å²) in [4.78, 5) is 7.77. The van der Waals surface area contributed by atoms with Gasteiger partial charge in [-0.25, -0.2) is 0 Å². The van der Waals surface area contributed by atoms with Gasteiger partial charge in [0.25, 0.3) is 0 Å². The maximum atomic E-state index is 6.05. The Bertz CT molecular complexity index is 527. The van der Waals surface area contributed by atoms with Crippen molar-refractivity contribution in [3.63, 3.8) is 0 Å². The van der Waals surface area contributed by atoms with Crippen LogP contribution in [0.15, 0.2) is 53.7 Å². The molecule has 0 aliphatic carbocycles. The Labute approximate surface area is 131 Å².